The van der Waals surface area contributed by atoms with E-state index in [1.165, 1.54) is 0 Å². The molecule has 0 radical (unpaired) electrons. The predicted molar refractivity (Wildman–Crippen MR) is 109 cm³/mol. The molecular weight excluding hydrogens is 388 g/mol. The maximum Gasteiger partial charge on any atom is 0.272 e. The van der Waals surface area contributed by atoms with E-state index in [-0.39, 0.29) is 25.0 Å². The van der Waals surface area contributed by atoms with E-state index in [2.05, 4.69) is 20.5 Å². The van der Waals surface area contributed by atoms with Gasteiger partial charge in [0.05, 0.1) is 18.6 Å². The smallest absolute Gasteiger partial charge is 0.272 e. The number of fused-ring (bicyclic) bond motifs is 1. The molecule has 0 spiro atoms. The van der Waals surface area contributed by atoms with Crippen molar-refractivity contribution >= 4 is 16.8 Å². The Kier molecular flexibility index (Phi) is 4.73. The molecule has 1 aromatic carbocycles. The Bertz CT molecular complexity index is 1080. The molecule has 1 saturated heterocycles. The number of pyridine rings is 1. The number of carbonyl (C=O) groups is 1. The summed E-state index contributed by atoms with van der Waals surface area (Å²) in [6.07, 6.45) is 7.77. The molecule has 0 bridgehead atoms. The summed E-state index contributed by atoms with van der Waals surface area (Å²) < 4.78 is 26.2. The Labute approximate surface area is 172 Å². The first-order valence-corrected chi connectivity index (χ1v) is 10.3. The van der Waals surface area contributed by atoms with Crippen molar-refractivity contribution in [3.8, 4) is 11.1 Å². The SMILES string of the molecule is O=C(NC1CCCC1)c1n[nH]c2ccc(-c3cncc(CN4CC(F)(F)C4)c3)cc12. The van der Waals surface area contributed by atoms with Crippen molar-refractivity contribution in [3.05, 3.63) is 47.9 Å². The van der Waals surface area contributed by atoms with Gasteiger partial charge in [0.25, 0.3) is 11.8 Å². The molecule has 1 amide bonds. The minimum Gasteiger partial charge on any atom is -0.348 e. The van der Waals surface area contributed by atoms with Crippen LogP contribution in [0, 0.1) is 0 Å². The summed E-state index contributed by atoms with van der Waals surface area (Å²) in [7, 11) is 0. The van der Waals surface area contributed by atoms with E-state index in [0.717, 1.165) is 53.3 Å². The summed E-state index contributed by atoms with van der Waals surface area (Å²) in [6.45, 7) is 0.0226. The third-order valence-corrected chi connectivity index (χ3v) is 5.91. The minimum absolute atomic E-state index is 0.157. The van der Waals surface area contributed by atoms with E-state index in [0.29, 0.717) is 12.2 Å². The third kappa shape index (κ3) is 3.79. The molecule has 3 aromatic rings. The van der Waals surface area contributed by atoms with Gasteiger partial charge >= 0.3 is 0 Å². The lowest BCUT2D eigenvalue weighted by molar-refractivity contribution is -0.133. The first-order chi connectivity index (χ1) is 14.5. The van der Waals surface area contributed by atoms with Gasteiger partial charge in [0.2, 0.25) is 0 Å². The van der Waals surface area contributed by atoms with Crippen LogP contribution >= 0.6 is 0 Å². The van der Waals surface area contributed by atoms with Crippen molar-refractivity contribution in [3.63, 3.8) is 0 Å². The van der Waals surface area contributed by atoms with Crippen LogP contribution in [0.3, 0.4) is 0 Å². The zero-order chi connectivity index (χ0) is 20.7. The van der Waals surface area contributed by atoms with Gasteiger partial charge in [-0.3, -0.25) is 19.8 Å². The van der Waals surface area contributed by atoms with Gasteiger partial charge in [-0.1, -0.05) is 18.9 Å². The molecule has 3 heterocycles. The summed E-state index contributed by atoms with van der Waals surface area (Å²) in [5, 5.41) is 11.0. The second-order valence-electron chi connectivity index (χ2n) is 8.37. The lowest BCUT2D eigenvalue weighted by atomic mass is 10.0. The fourth-order valence-corrected chi connectivity index (χ4v) is 4.40. The zero-order valence-corrected chi connectivity index (χ0v) is 16.5. The fraction of sp³-hybridized carbons (Fsp3) is 0.409. The highest BCUT2D eigenvalue weighted by Crippen LogP contribution is 2.30. The van der Waals surface area contributed by atoms with Crippen LogP contribution in [0.2, 0.25) is 0 Å². The zero-order valence-electron chi connectivity index (χ0n) is 16.5. The van der Waals surface area contributed by atoms with E-state index in [9.17, 15) is 13.6 Å². The molecule has 30 heavy (non-hydrogen) atoms. The number of aromatic amines is 1. The summed E-state index contributed by atoms with van der Waals surface area (Å²) in [4.78, 5) is 18.7. The molecule has 8 heteroatoms. The second kappa shape index (κ2) is 7.43. The van der Waals surface area contributed by atoms with E-state index >= 15 is 0 Å². The van der Waals surface area contributed by atoms with Gasteiger partial charge in [-0.25, -0.2) is 8.78 Å². The van der Waals surface area contributed by atoms with Crippen LogP contribution in [-0.2, 0) is 6.54 Å². The molecule has 156 valence electrons. The Balaban J connectivity index is 1.38. The van der Waals surface area contributed by atoms with Crippen LogP contribution in [0.15, 0.2) is 36.7 Å². The average Bonchev–Trinajstić information content (AvgIpc) is 3.35. The van der Waals surface area contributed by atoms with Crippen LogP contribution in [-0.4, -0.2) is 51.0 Å². The number of halogens is 2. The molecule has 2 fully saturated rings. The molecule has 2 N–H and O–H groups in total. The number of benzene rings is 1. The molecular formula is C22H23F2N5O. The summed E-state index contributed by atoms with van der Waals surface area (Å²) in [5.41, 5.74) is 3.86. The van der Waals surface area contributed by atoms with Crippen molar-refractivity contribution in [2.75, 3.05) is 13.1 Å². The Morgan fingerprint density at radius 1 is 1.17 bits per heavy atom. The van der Waals surface area contributed by atoms with Crippen LogP contribution in [0.25, 0.3) is 22.0 Å². The van der Waals surface area contributed by atoms with Crippen molar-refractivity contribution in [2.24, 2.45) is 0 Å². The molecule has 1 aliphatic heterocycles. The van der Waals surface area contributed by atoms with Crippen molar-refractivity contribution in [2.45, 2.75) is 44.2 Å². The lowest BCUT2D eigenvalue weighted by Gasteiger charge is -2.38. The largest absolute Gasteiger partial charge is 0.348 e. The van der Waals surface area contributed by atoms with Gasteiger partial charge in [-0.05, 0) is 42.2 Å². The summed E-state index contributed by atoms with van der Waals surface area (Å²) >= 11 is 0. The normalized spacial score (nSPS) is 19.1. The van der Waals surface area contributed by atoms with Gasteiger partial charge < -0.3 is 5.32 Å². The number of H-pyrrole nitrogens is 1. The van der Waals surface area contributed by atoms with Crippen LogP contribution in [0.1, 0.15) is 41.7 Å². The fourth-order valence-electron chi connectivity index (χ4n) is 4.40. The Morgan fingerprint density at radius 2 is 1.97 bits per heavy atom. The van der Waals surface area contributed by atoms with Crippen molar-refractivity contribution < 1.29 is 13.6 Å². The number of amides is 1. The standard InChI is InChI=1S/C22H23F2N5O/c23-22(24)12-29(13-22)11-14-7-16(10-25-9-14)15-5-6-19-18(8-15)20(28-27-19)21(30)26-17-3-1-2-4-17/h5-10,17H,1-4,11-13H2,(H,26,30)(H,27,28). The highest BCUT2D eigenvalue weighted by molar-refractivity contribution is 6.05. The number of aromatic nitrogens is 3. The predicted octanol–water partition coefficient (Wildman–Crippen LogP) is 3.75. The monoisotopic (exact) mass is 411 g/mol. The van der Waals surface area contributed by atoms with Gasteiger partial charge in [-0.15, -0.1) is 0 Å². The summed E-state index contributed by atoms with van der Waals surface area (Å²) in [5.74, 6) is -2.73. The number of likely N-dealkylation sites (tertiary alicyclic amines) is 1. The number of nitrogens with one attached hydrogen (secondary N) is 2. The van der Waals surface area contributed by atoms with Crippen molar-refractivity contribution in [1.29, 1.82) is 0 Å². The molecule has 6 nitrogen and oxygen atoms in total. The molecule has 2 aromatic heterocycles. The highest BCUT2D eigenvalue weighted by atomic mass is 19.3. The third-order valence-electron chi connectivity index (χ3n) is 5.91. The minimum atomic E-state index is -2.58. The van der Waals surface area contributed by atoms with Gasteiger partial charge in [0.1, 0.15) is 0 Å². The number of nitrogens with zero attached hydrogens (tertiary/aromatic N) is 3. The first-order valence-electron chi connectivity index (χ1n) is 10.3. The second-order valence-corrected chi connectivity index (χ2v) is 8.37. The number of carbonyl (C=O) groups excluding carboxylic acids is 1. The Morgan fingerprint density at radius 3 is 2.73 bits per heavy atom. The Hall–Kier alpha value is -2.87. The quantitative estimate of drug-likeness (QED) is 0.671. The lowest BCUT2D eigenvalue weighted by Crippen LogP contribution is -2.55. The average molecular weight is 411 g/mol. The van der Waals surface area contributed by atoms with Gasteiger partial charge in [-0.2, -0.15) is 5.10 Å². The molecule has 0 atom stereocenters. The van der Waals surface area contributed by atoms with E-state index in [1.807, 2.05) is 24.3 Å². The first kappa shape index (κ1) is 19.1. The topological polar surface area (TPSA) is 73.9 Å². The van der Waals surface area contributed by atoms with Crippen molar-refractivity contribution in [1.82, 2.24) is 25.4 Å². The number of rotatable bonds is 5. The van der Waals surface area contributed by atoms with Crippen LogP contribution < -0.4 is 5.32 Å². The molecule has 0 unspecified atom stereocenters. The number of hydrogen-bond donors (Lipinski definition) is 2. The summed E-state index contributed by atoms with van der Waals surface area (Å²) in [6, 6.07) is 7.95. The maximum absolute atomic E-state index is 13.1. The number of alkyl halides is 2. The van der Waals surface area contributed by atoms with E-state index in [1.54, 1.807) is 17.3 Å². The molecule has 2 aliphatic rings. The van der Waals surface area contributed by atoms with E-state index in [4.69, 9.17) is 0 Å². The highest BCUT2D eigenvalue weighted by Gasteiger charge is 2.43. The van der Waals surface area contributed by atoms with E-state index < -0.39 is 5.92 Å². The van der Waals surface area contributed by atoms with Crippen LogP contribution in [0.4, 0.5) is 8.78 Å². The molecule has 1 saturated carbocycles. The number of hydrogen-bond acceptors (Lipinski definition) is 4. The molecule has 1 aliphatic carbocycles. The molecule has 5 rings (SSSR count). The van der Waals surface area contributed by atoms with Gasteiger partial charge in [0, 0.05) is 35.9 Å². The van der Waals surface area contributed by atoms with Gasteiger partial charge in [0.15, 0.2) is 5.69 Å². The van der Waals surface area contributed by atoms with Crippen LogP contribution in [0.5, 0.6) is 0 Å². The maximum atomic E-state index is 13.1.